The molecule has 1 aliphatic heterocycles. The Hall–Kier alpha value is -3.14. The van der Waals surface area contributed by atoms with Gasteiger partial charge < -0.3 is 14.4 Å². The Kier molecular flexibility index (Phi) is 7.83. The number of aryl methyl sites for hydroxylation is 1. The van der Waals surface area contributed by atoms with Crippen molar-refractivity contribution in [1.29, 1.82) is 0 Å². The molecule has 2 saturated carbocycles. The van der Waals surface area contributed by atoms with Crippen LogP contribution in [0.2, 0.25) is 0 Å². The Morgan fingerprint density at radius 3 is 2.38 bits per heavy atom. The number of piperidine rings is 1. The molecule has 9 nitrogen and oxygen atoms in total. The molecule has 216 valence electrons. The third-order valence-corrected chi connectivity index (χ3v) is 9.95. The number of hydrogen-bond acceptors (Lipinski definition) is 8. The van der Waals surface area contributed by atoms with Gasteiger partial charge in [-0.3, -0.25) is 9.59 Å². The maximum Gasteiger partial charge on any atom is 0.311 e. The van der Waals surface area contributed by atoms with E-state index in [4.69, 9.17) is 9.47 Å². The van der Waals surface area contributed by atoms with E-state index in [1.54, 1.807) is 12.1 Å². The average molecular weight is 570 g/mol. The lowest BCUT2D eigenvalue weighted by Crippen LogP contribution is -2.44. The number of amides is 1. The van der Waals surface area contributed by atoms with Crippen LogP contribution < -0.4 is 14.4 Å². The summed E-state index contributed by atoms with van der Waals surface area (Å²) in [5.41, 5.74) is 0.360. The Morgan fingerprint density at radius 1 is 1.02 bits per heavy atom. The van der Waals surface area contributed by atoms with Gasteiger partial charge in [-0.05, 0) is 74.8 Å². The molecule has 1 aromatic heterocycles. The van der Waals surface area contributed by atoms with Gasteiger partial charge in [0.25, 0.3) is 15.9 Å². The first-order valence-electron chi connectivity index (χ1n) is 14.2. The Bertz CT molecular complexity index is 1370. The molecule has 0 spiro atoms. The van der Waals surface area contributed by atoms with Crippen molar-refractivity contribution in [3.63, 3.8) is 0 Å². The highest BCUT2D eigenvalue weighted by molar-refractivity contribution is 7.90. The van der Waals surface area contributed by atoms with Crippen LogP contribution >= 0.6 is 0 Å². The number of nitrogens with zero attached hydrogens (tertiary/aromatic N) is 2. The molecule has 1 N–H and O–H groups in total. The number of methoxy groups -OCH3 is 1. The topological polar surface area (TPSA) is 115 Å². The van der Waals surface area contributed by atoms with Gasteiger partial charge in [-0.2, -0.15) is 8.42 Å². The molecule has 0 bridgehead atoms. The second-order valence-electron chi connectivity index (χ2n) is 11.8. The van der Waals surface area contributed by atoms with E-state index < -0.39 is 26.9 Å². The van der Waals surface area contributed by atoms with Crippen molar-refractivity contribution in [1.82, 2.24) is 9.71 Å². The van der Waals surface area contributed by atoms with Crippen molar-refractivity contribution in [2.45, 2.75) is 88.2 Å². The number of rotatable bonds is 8. The smallest absolute Gasteiger partial charge is 0.311 e. The third kappa shape index (κ3) is 5.82. The summed E-state index contributed by atoms with van der Waals surface area (Å²) in [7, 11) is -2.84. The van der Waals surface area contributed by atoms with Gasteiger partial charge in [0.15, 0.2) is 10.6 Å². The first-order chi connectivity index (χ1) is 19.1. The van der Waals surface area contributed by atoms with Crippen molar-refractivity contribution < 1.29 is 27.5 Å². The average Bonchev–Trinajstić information content (AvgIpc) is 3.74. The van der Waals surface area contributed by atoms with E-state index in [-0.39, 0.29) is 11.0 Å². The largest absolute Gasteiger partial charge is 0.477 e. The van der Waals surface area contributed by atoms with Gasteiger partial charge in [0.2, 0.25) is 0 Å². The number of benzene rings is 1. The molecule has 0 radical (unpaired) electrons. The number of ether oxygens (including phenoxy) is 2. The molecule has 3 fully saturated rings. The fraction of sp³-hybridized carbons (Fsp3) is 0.567. The minimum Gasteiger partial charge on any atom is -0.477 e. The van der Waals surface area contributed by atoms with Crippen molar-refractivity contribution in [3.05, 3.63) is 47.5 Å². The lowest BCUT2D eigenvalue weighted by Gasteiger charge is -2.37. The molecule has 0 atom stereocenters. The molecule has 2 aromatic rings. The zero-order valence-electron chi connectivity index (χ0n) is 23.6. The summed E-state index contributed by atoms with van der Waals surface area (Å²) in [5.74, 6) is 0.645. The maximum absolute atomic E-state index is 13.3. The van der Waals surface area contributed by atoms with E-state index in [0.717, 1.165) is 24.0 Å². The van der Waals surface area contributed by atoms with Gasteiger partial charge in [-0.25, -0.2) is 9.71 Å². The molecular weight excluding hydrogens is 530 g/mol. The number of carbonyl (C=O) groups excluding carboxylic acids is 2. The van der Waals surface area contributed by atoms with Crippen molar-refractivity contribution >= 4 is 27.7 Å². The van der Waals surface area contributed by atoms with Crippen molar-refractivity contribution in [2.24, 2.45) is 5.41 Å². The van der Waals surface area contributed by atoms with Crippen LogP contribution in [0.5, 0.6) is 5.75 Å². The minimum atomic E-state index is -4.23. The summed E-state index contributed by atoms with van der Waals surface area (Å²) in [6.45, 7) is 4.93. The first kappa shape index (κ1) is 28.4. The highest BCUT2D eigenvalue weighted by atomic mass is 32.2. The second-order valence-corrected chi connectivity index (χ2v) is 13.4. The Morgan fingerprint density at radius 2 is 1.73 bits per heavy atom. The molecule has 5 rings (SSSR count). The van der Waals surface area contributed by atoms with E-state index in [1.165, 1.54) is 32.4 Å². The number of pyridine rings is 1. The maximum atomic E-state index is 13.3. The van der Waals surface area contributed by atoms with E-state index in [9.17, 15) is 18.0 Å². The monoisotopic (exact) mass is 569 g/mol. The molecule has 1 saturated heterocycles. The van der Waals surface area contributed by atoms with Crippen LogP contribution in [0.3, 0.4) is 0 Å². The van der Waals surface area contributed by atoms with Gasteiger partial charge >= 0.3 is 5.97 Å². The highest BCUT2D eigenvalue weighted by Gasteiger charge is 2.54. The molecule has 0 unspecified atom stereocenters. The van der Waals surface area contributed by atoms with E-state index in [0.29, 0.717) is 56.3 Å². The number of esters is 1. The first-order valence-corrected chi connectivity index (χ1v) is 15.7. The van der Waals surface area contributed by atoms with Crippen LogP contribution in [0.15, 0.2) is 41.4 Å². The fourth-order valence-corrected chi connectivity index (χ4v) is 6.86. The predicted molar refractivity (Wildman–Crippen MR) is 151 cm³/mol. The zero-order valence-corrected chi connectivity index (χ0v) is 24.4. The molecule has 2 heterocycles. The standard InChI is InChI=1S/C30H39N3O6S/c1-21-12-13-23(22-8-5-4-6-9-22)24(20-21)39-30(14-15-30)27(34)32-40(36,37)26-11-7-10-25(31-26)33-18-16-29(2,17-19-33)28(35)38-3/h7,10-13,20,22H,4-6,8-9,14-19H2,1-3H3,(H,32,34). The van der Waals surface area contributed by atoms with Crippen LogP contribution in [0, 0.1) is 12.3 Å². The number of aromatic nitrogens is 1. The van der Waals surface area contributed by atoms with Crippen molar-refractivity contribution in [3.8, 4) is 5.75 Å². The van der Waals surface area contributed by atoms with E-state index >= 15 is 0 Å². The van der Waals surface area contributed by atoms with Crippen molar-refractivity contribution in [2.75, 3.05) is 25.1 Å². The lowest BCUT2D eigenvalue weighted by atomic mass is 9.80. The molecular formula is C30H39N3O6S. The summed E-state index contributed by atoms with van der Waals surface area (Å²) in [6.07, 6.45) is 7.81. The molecule has 2 aliphatic carbocycles. The Labute approximate surface area is 236 Å². The second kappa shape index (κ2) is 11.0. The summed E-state index contributed by atoms with van der Waals surface area (Å²) < 4.78 is 40.1. The number of sulfonamides is 1. The molecule has 40 heavy (non-hydrogen) atoms. The van der Waals surface area contributed by atoms with Gasteiger partial charge in [0, 0.05) is 25.9 Å². The van der Waals surface area contributed by atoms with Gasteiger partial charge in [0.1, 0.15) is 11.6 Å². The van der Waals surface area contributed by atoms with Gasteiger partial charge in [-0.1, -0.05) is 37.5 Å². The fourth-order valence-electron chi connectivity index (χ4n) is 5.86. The van der Waals surface area contributed by atoms with Crippen LogP contribution in [0.4, 0.5) is 5.82 Å². The minimum absolute atomic E-state index is 0.228. The summed E-state index contributed by atoms with van der Waals surface area (Å²) in [5, 5.41) is -0.228. The van der Waals surface area contributed by atoms with Crippen LogP contribution in [-0.4, -0.2) is 51.1 Å². The molecule has 1 amide bonds. The van der Waals surface area contributed by atoms with Gasteiger partial charge in [0.05, 0.1) is 12.5 Å². The van der Waals surface area contributed by atoms with Crippen LogP contribution in [0.1, 0.15) is 81.8 Å². The van der Waals surface area contributed by atoms with Crippen LogP contribution in [0.25, 0.3) is 0 Å². The van der Waals surface area contributed by atoms with Gasteiger partial charge in [-0.15, -0.1) is 0 Å². The summed E-state index contributed by atoms with van der Waals surface area (Å²) in [4.78, 5) is 31.8. The summed E-state index contributed by atoms with van der Waals surface area (Å²) in [6, 6.07) is 10.8. The third-order valence-electron chi connectivity index (χ3n) is 8.72. The normalized spacial score (nSPS) is 20.4. The van der Waals surface area contributed by atoms with E-state index in [2.05, 4.69) is 21.8 Å². The molecule has 3 aliphatic rings. The summed E-state index contributed by atoms with van der Waals surface area (Å²) >= 11 is 0. The molecule has 10 heteroatoms. The number of carbonyl (C=O) groups is 2. The number of anilines is 1. The lowest BCUT2D eigenvalue weighted by molar-refractivity contribution is -0.153. The Balaban J connectivity index is 1.29. The number of nitrogens with one attached hydrogen (secondary N) is 1. The SMILES string of the molecule is COC(=O)C1(C)CCN(c2cccc(S(=O)(=O)NC(=O)C3(Oc4cc(C)ccc4C4CCCCC4)CC3)n2)CC1. The predicted octanol–water partition coefficient (Wildman–Crippen LogP) is 4.63. The van der Waals surface area contributed by atoms with E-state index in [1.807, 2.05) is 24.8 Å². The van der Waals surface area contributed by atoms with Crippen LogP contribution in [-0.2, 0) is 24.3 Å². The molecule has 1 aromatic carbocycles. The quantitative estimate of drug-likeness (QED) is 0.458. The number of hydrogen-bond donors (Lipinski definition) is 1. The highest BCUT2D eigenvalue weighted by Crippen LogP contribution is 2.45. The zero-order chi connectivity index (χ0) is 28.5.